The third kappa shape index (κ3) is 53.2. The number of carbonyl (C=O) groups excluding carboxylic acids is 2. The number of carbonyl (C=O) groups is 2. The number of nitrogens with two attached hydrogens (primary N) is 1. The quantitative estimate of drug-likeness (QED) is 0.0264. The van der Waals surface area contributed by atoms with E-state index in [0.29, 0.717) is 6.42 Å². The minimum Gasteiger partial charge on any atom is -0.462 e. The van der Waals surface area contributed by atoms with E-state index in [-0.39, 0.29) is 38.6 Å². The van der Waals surface area contributed by atoms with Crippen LogP contribution in [-0.4, -0.2) is 49.3 Å². The first-order chi connectivity index (χ1) is 32.8. The lowest BCUT2D eigenvalue weighted by atomic mass is 10.0. The Morgan fingerprint density at radius 1 is 0.463 bits per heavy atom. The van der Waals surface area contributed by atoms with E-state index < -0.39 is 26.5 Å². The van der Waals surface area contributed by atoms with Crippen molar-refractivity contribution in [3.05, 3.63) is 48.6 Å². The number of esters is 2. The number of hydrogen-bond donors (Lipinski definition) is 2. The summed E-state index contributed by atoms with van der Waals surface area (Å²) in [5.41, 5.74) is 5.38. The number of unbranched alkanes of at least 4 members (excludes halogenated alkanes) is 32. The van der Waals surface area contributed by atoms with Crippen molar-refractivity contribution in [2.75, 3.05) is 26.4 Å². The monoisotopic (exact) mass is 964 g/mol. The smallest absolute Gasteiger partial charge is 0.462 e. The summed E-state index contributed by atoms with van der Waals surface area (Å²) in [4.78, 5) is 35.2. The van der Waals surface area contributed by atoms with E-state index in [0.717, 1.165) is 70.6 Å². The van der Waals surface area contributed by atoms with Gasteiger partial charge in [-0.25, -0.2) is 4.57 Å². The minimum atomic E-state index is -4.39. The lowest BCUT2D eigenvalue weighted by Crippen LogP contribution is -2.29. The van der Waals surface area contributed by atoms with Gasteiger partial charge in [-0.05, 0) is 51.4 Å². The topological polar surface area (TPSA) is 134 Å². The molecule has 0 amide bonds. The molecule has 3 N–H and O–H groups in total. The van der Waals surface area contributed by atoms with Gasteiger partial charge in [0.2, 0.25) is 0 Å². The number of allylic oxidation sites excluding steroid dienone is 8. The molecule has 0 rings (SSSR count). The fraction of sp³-hybridized carbons (Fsp3) is 0.825. The Bertz CT molecular complexity index is 1240. The Balaban J connectivity index is 3.97. The zero-order chi connectivity index (χ0) is 48.8. The summed E-state index contributed by atoms with van der Waals surface area (Å²) < 4.78 is 33.0. The fourth-order valence-electron chi connectivity index (χ4n) is 8.10. The third-order valence-corrected chi connectivity index (χ3v) is 13.2. The van der Waals surface area contributed by atoms with Gasteiger partial charge in [-0.3, -0.25) is 18.6 Å². The summed E-state index contributed by atoms with van der Waals surface area (Å²) >= 11 is 0. The van der Waals surface area contributed by atoms with Gasteiger partial charge in [0.25, 0.3) is 0 Å². The van der Waals surface area contributed by atoms with Crippen molar-refractivity contribution in [2.45, 2.75) is 277 Å². The summed E-state index contributed by atoms with van der Waals surface area (Å²) in [7, 11) is -4.39. The lowest BCUT2D eigenvalue weighted by molar-refractivity contribution is -0.161. The van der Waals surface area contributed by atoms with Crippen molar-refractivity contribution in [2.24, 2.45) is 5.73 Å². The van der Waals surface area contributed by atoms with Crippen molar-refractivity contribution in [1.82, 2.24) is 0 Å². The average Bonchev–Trinajstić information content (AvgIpc) is 3.32. The second-order valence-electron chi connectivity index (χ2n) is 18.8. The molecule has 0 aromatic carbocycles. The standard InChI is InChI=1S/C57H106NO8P/c1-3-5-7-9-11-13-15-17-19-21-23-25-27-29-31-33-35-37-39-41-43-45-47-49-56(59)63-53-55(54-65-67(61,62)64-52-51-58)66-57(60)50-48-46-44-42-40-38-36-34-32-30-28-26-24-22-20-18-16-14-12-10-8-6-4-2/h6,8,12,14,18,20,24,26,55H,3-5,7,9-11,13,15-17,19,21-23,25,27-54,58H2,1-2H3,(H,61,62)/b8-6-,14-12-,20-18-,26-24-. The average molecular weight is 964 g/mol. The van der Waals surface area contributed by atoms with Gasteiger partial charge in [-0.1, -0.05) is 255 Å². The first-order valence-corrected chi connectivity index (χ1v) is 29.6. The zero-order valence-corrected chi connectivity index (χ0v) is 44.5. The lowest BCUT2D eigenvalue weighted by Gasteiger charge is -2.19. The van der Waals surface area contributed by atoms with Crippen molar-refractivity contribution in [3.8, 4) is 0 Å². The summed E-state index contributed by atoms with van der Waals surface area (Å²) in [6.07, 6.45) is 64.5. The van der Waals surface area contributed by atoms with Crippen LogP contribution in [0.1, 0.15) is 271 Å². The Morgan fingerprint density at radius 2 is 0.821 bits per heavy atom. The molecule has 0 saturated heterocycles. The van der Waals surface area contributed by atoms with Crippen molar-refractivity contribution in [3.63, 3.8) is 0 Å². The van der Waals surface area contributed by atoms with Gasteiger partial charge >= 0.3 is 19.8 Å². The Labute approximate surface area is 413 Å². The van der Waals surface area contributed by atoms with E-state index >= 15 is 0 Å². The van der Waals surface area contributed by atoms with Crippen LogP contribution >= 0.6 is 7.82 Å². The maximum Gasteiger partial charge on any atom is 0.472 e. The SMILES string of the molecule is CC/C=C\C/C=C\C/C=C\C/C=C\CCCCCCCCCCCCC(=O)OC(COC(=O)CCCCCCCCCCCCCCCCCCCCCCCCC)COP(=O)(O)OCCN. The van der Waals surface area contributed by atoms with Crippen molar-refractivity contribution >= 4 is 19.8 Å². The van der Waals surface area contributed by atoms with E-state index in [1.54, 1.807) is 0 Å². The first-order valence-electron chi connectivity index (χ1n) is 28.1. The van der Waals surface area contributed by atoms with Gasteiger partial charge in [0.1, 0.15) is 6.61 Å². The van der Waals surface area contributed by atoms with Crippen LogP contribution < -0.4 is 5.73 Å². The molecule has 0 aliphatic rings. The Kier molecular flexibility index (Phi) is 51.7. The van der Waals surface area contributed by atoms with Crippen LogP contribution in [0, 0.1) is 0 Å². The fourth-order valence-corrected chi connectivity index (χ4v) is 8.87. The van der Waals surface area contributed by atoms with Gasteiger partial charge in [0.15, 0.2) is 6.10 Å². The van der Waals surface area contributed by atoms with E-state index in [1.807, 2.05) is 0 Å². The molecule has 0 fully saturated rings. The van der Waals surface area contributed by atoms with Gasteiger partial charge < -0.3 is 20.1 Å². The van der Waals surface area contributed by atoms with E-state index in [9.17, 15) is 19.0 Å². The molecule has 2 atom stereocenters. The second-order valence-corrected chi connectivity index (χ2v) is 20.2. The van der Waals surface area contributed by atoms with Crippen LogP contribution in [0.15, 0.2) is 48.6 Å². The Hall–Kier alpha value is -2.03. The van der Waals surface area contributed by atoms with Crippen LogP contribution in [0.5, 0.6) is 0 Å². The number of ether oxygens (including phenoxy) is 2. The molecule has 0 aliphatic carbocycles. The first kappa shape index (κ1) is 65.0. The highest BCUT2D eigenvalue weighted by atomic mass is 31.2. The molecule has 0 aliphatic heterocycles. The summed E-state index contributed by atoms with van der Waals surface area (Å²) in [5.74, 6) is -0.821. The van der Waals surface area contributed by atoms with E-state index in [2.05, 4.69) is 62.5 Å². The van der Waals surface area contributed by atoms with Gasteiger partial charge in [0, 0.05) is 19.4 Å². The van der Waals surface area contributed by atoms with Crippen molar-refractivity contribution < 1.29 is 37.6 Å². The predicted molar refractivity (Wildman–Crippen MR) is 284 cm³/mol. The number of phosphoric acid groups is 1. The summed E-state index contributed by atoms with van der Waals surface area (Å²) in [6, 6.07) is 0. The maximum absolute atomic E-state index is 12.7. The highest BCUT2D eigenvalue weighted by molar-refractivity contribution is 7.47. The molecule has 2 unspecified atom stereocenters. The molecular formula is C57H106NO8P. The molecular weight excluding hydrogens is 858 g/mol. The highest BCUT2D eigenvalue weighted by Gasteiger charge is 2.26. The number of rotatable bonds is 53. The molecule has 0 radical (unpaired) electrons. The van der Waals surface area contributed by atoms with Gasteiger partial charge in [-0.15, -0.1) is 0 Å². The van der Waals surface area contributed by atoms with E-state index in [4.69, 9.17) is 24.3 Å². The summed E-state index contributed by atoms with van der Waals surface area (Å²) in [6.45, 7) is 3.67. The van der Waals surface area contributed by atoms with Crippen molar-refractivity contribution in [1.29, 1.82) is 0 Å². The maximum atomic E-state index is 12.7. The molecule has 0 aromatic rings. The molecule has 0 bridgehead atoms. The molecule has 0 heterocycles. The zero-order valence-electron chi connectivity index (χ0n) is 43.6. The number of phosphoric ester groups is 1. The Morgan fingerprint density at radius 3 is 1.22 bits per heavy atom. The highest BCUT2D eigenvalue weighted by Crippen LogP contribution is 2.43. The van der Waals surface area contributed by atoms with Crippen LogP contribution in [-0.2, 0) is 32.7 Å². The molecule has 392 valence electrons. The minimum absolute atomic E-state index is 0.0529. The molecule has 0 spiro atoms. The largest absolute Gasteiger partial charge is 0.472 e. The van der Waals surface area contributed by atoms with Crippen LogP contribution in [0.3, 0.4) is 0 Å². The van der Waals surface area contributed by atoms with Crippen LogP contribution in [0.4, 0.5) is 0 Å². The van der Waals surface area contributed by atoms with Crippen LogP contribution in [0.2, 0.25) is 0 Å². The number of hydrogen-bond acceptors (Lipinski definition) is 8. The molecule has 10 heteroatoms. The molecule has 9 nitrogen and oxygen atoms in total. The molecule has 0 saturated carbocycles. The van der Waals surface area contributed by atoms with Gasteiger partial charge in [-0.2, -0.15) is 0 Å². The summed E-state index contributed by atoms with van der Waals surface area (Å²) in [5, 5.41) is 0. The second kappa shape index (κ2) is 53.3. The van der Waals surface area contributed by atoms with Gasteiger partial charge in [0.05, 0.1) is 13.2 Å². The molecule has 67 heavy (non-hydrogen) atoms. The van der Waals surface area contributed by atoms with Crippen LogP contribution in [0.25, 0.3) is 0 Å². The third-order valence-electron chi connectivity index (χ3n) is 12.2. The van der Waals surface area contributed by atoms with E-state index in [1.165, 1.54) is 167 Å². The predicted octanol–water partition coefficient (Wildman–Crippen LogP) is 17.4. The molecule has 0 aromatic heterocycles. The normalized spacial score (nSPS) is 13.4.